The van der Waals surface area contributed by atoms with Gasteiger partial charge in [0.1, 0.15) is 12.3 Å². The molecule has 0 spiro atoms. The van der Waals surface area contributed by atoms with Crippen LogP contribution >= 0.6 is 0 Å². The van der Waals surface area contributed by atoms with Gasteiger partial charge in [-0.3, -0.25) is 9.69 Å². The average Bonchev–Trinajstić information content (AvgIpc) is 3.68. The van der Waals surface area contributed by atoms with E-state index in [4.69, 9.17) is 9.47 Å². The second-order valence-corrected chi connectivity index (χ2v) is 12.6. The lowest BCUT2D eigenvalue weighted by Gasteiger charge is -2.51. The van der Waals surface area contributed by atoms with Crippen LogP contribution in [0.3, 0.4) is 0 Å². The molecule has 1 amide bonds. The molecule has 3 aliphatic heterocycles. The second kappa shape index (κ2) is 8.69. The predicted octanol–water partition coefficient (Wildman–Crippen LogP) is 6.83. The van der Waals surface area contributed by atoms with Gasteiger partial charge in [0.2, 0.25) is 0 Å². The Morgan fingerprint density at radius 1 is 0.953 bits per heavy atom. The number of carbonyl (C=O) groups excluding carboxylic acids is 1. The standard InChI is InChI=1S/C36H34N4O3/c1-20(21-12-6-5-7-13-21)38(3)27-18-28-39-25-16-10-8-14-22(25)30-31-24(19-37-35(31)41)29-23-15-9-11-17-26(23)40(33(29)32(30)39)36(2,43-28)34(27)42-4/h5-17,20,27-28,34H,18-19H2,1-4H3,(H,37,41)/t20?,27-,28+,34-,36-/m1/s1. The molecule has 1 saturated heterocycles. The highest BCUT2D eigenvalue weighted by atomic mass is 16.6. The Morgan fingerprint density at radius 2 is 1.63 bits per heavy atom. The van der Waals surface area contributed by atoms with E-state index in [0.29, 0.717) is 6.54 Å². The third-order valence-electron chi connectivity index (χ3n) is 10.6. The van der Waals surface area contributed by atoms with Crippen molar-refractivity contribution in [1.82, 2.24) is 19.4 Å². The van der Waals surface area contributed by atoms with Gasteiger partial charge in [-0.1, -0.05) is 66.7 Å². The smallest absolute Gasteiger partial charge is 0.252 e. The maximum absolute atomic E-state index is 13.6. The molecule has 4 aromatic carbocycles. The summed E-state index contributed by atoms with van der Waals surface area (Å²) in [5.41, 5.74) is 6.70. The van der Waals surface area contributed by atoms with Gasteiger partial charge < -0.3 is 23.9 Å². The normalized spacial score (nSPS) is 25.2. The third-order valence-corrected chi connectivity index (χ3v) is 10.6. The zero-order chi connectivity index (χ0) is 29.2. The molecule has 0 radical (unpaired) electrons. The highest BCUT2D eigenvalue weighted by Gasteiger charge is 2.54. The fourth-order valence-electron chi connectivity index (χ4n) is 8.66. The molecule has 3 aliphatic rings. The number of fused-ring (bicyclic) bond motifs is 13. The van der Waals surface area contributed by atoms with Crippen LogP contribution in [0.2, 0.25) is 0 Å². The Kier molecular flexibility index (Phi) is 5.12. The first-order chi connectivity index (χ1) is 20.9. The van der Waals surface area contributed by atoms with Crippen LogP contribution in [0.15, 0.2) is 78.9 Å². The summed E-state index contributed by atoms with van der Waals surface area (Å²) in [7, 11) is 4.03. The maximum atomic E-state index is 13.6. The molecule has 9 rings (SSSR count). The maximum Gasteiger partial charge on any atom is 0.252 e. The van der Waals surface area contributed by atoms with Crippen LogP contribution in [0, 0.1) is 0 Å². The zero-order valence-corrected chi connectivity index (χ0v) is 24.8. The first-order valence-electron chi connectivity index (χ1n) is 15.2. The van der Waals surface area contributed by atoms with E-state index >= 15 is 0 Å². The van der Waals surface area contributed by atoms with Crippen LogP contribution in [0.5, 0.6) is 0 Å². The van der Waals surface area contributed by atoms with E-state index in [1.165, 1.54) is 5.56 Å². The first-order valence-corrected chi connectivity index (χ1v) is 15.2. The van der Waals surface area contributed by atoms with Crippen molar-refractivity contribution in [3.05, 3.63) is 95.6 Å². The average molecular weight is 571 g/mol. The first kappa shape index (κ1) is 25.3. The summed E-state index contributed by atoms with van der Waals surface area (Å²) in [6, 6.07) is 27.9. The Bertz CT molecular complexity index is 2130. The summed E-state index contributed by atoms with van der Waals surface area (Å²) in [6.07, 6.45) is 0.208. The molecule has 5 heterocycles. The van der Waals surface area contributed by atoms with Gasteiger partial charge in [-0.15, -0.1) is 0 Å². The number of methoxy groups -OCH3 is 1. The van der Waals surface area contributed by atoms with Crippen LogP contribution in [0.1, 0.15) is 54.0 Å². The number of aromatic nitrogens is 2. The number of likely N-dealkylation sites (N-methyl/N-ethyl adjacent to an activating group) is 1. The number of ether oxygens (including phenoxy) is 2. The molecular formula is C36H34N4O3. The molecule has 216 valence electrons. The highest BCUT2D eigenvalue weighted by molar-refractivity contribution is 6.31. The van der Waals surface area contributed by atoms with Crippen molar-refractivity contribution >= 4 is 49.5 Å². The number of nitrogens with zero attached hydrogens (tertiary/aromatic N) is 3. The van der Waals surface area contributed by atoms with Crippen molar-refractivity contribution in [3.8, 4) is 0 Å². The lowest BCUT2D eigenvalue weighted by atomic mass is 9.90. The van der Waals surface area contributed by atoms with Crippen LogP contribution in [0.25, 0.3) is 43.6 Å². The van der Waals surface area contributed by atoms with E-state index in [0.717, 1.165) is 61.2 Å². The van der Waals surface area contributed by atoms with Gasteiger partial charge in [0.05, 0.1) is 27.6 Å². The van der Waals surface area contributed by atoms with Crippen LogP contribution in [-0.4, -0.2) is 46.2 Å². The lowest BCUT2D eigenvalue weighted by molar-refractivity contribution is -0.269. The van der Waals surface area contributed by atoms with Crippen molar-refractivity contribution in [2.24, 2.45) is 0 Å². The summed E-state index contributed by atoms with van der Waals surface area (Å²) in [6.45, 7) is 4.99. The summed E-state index contributed by atoms with van der Waals surface area (Å²) >= 11 is 0. The Hall–Kier alpha value is -4.17. The van der Waals surface area contributed by atoms with Gasteiger partial charge in [0.15, 0.2) is 5.72 Å². The van der Waals surface area contributed by atoms with Crippen molar-refractivity contribution in [2.75, 3.05) is 14.2 Å². The summed E-state index contributed by atoms with van der Waals surface area (Å²) in [4.78, 5) is 16.0. The topological polar surface area (TPSA) is 60.7 Å². The molecule has 2 aromatic heterocycles. The SMILES string of the molecule is CO[C@@H]1[C@H](N(C)C(C)c2ccccc2)C[C@@H]2O[C@@]1(C)n1c3ccccc3c3c4c(c5c6ccccc6n2c5c31)C(=O)NC4. The Balaban J connectivity index is 1.42. The zero-order valence-electron chi connectivity index (χ0n) is 24.8. The number of benzene rings is 4. The number of rotatable bonds is 4. The van der Waals surface area contributed by atoms with E-state index in [2.05, 4.69) is 119 Å². The molecule has 0 saturated carbocycles. The molecule has 0 aliphatic carbocycles. The Morgan fingerprint density at radius 3 is 2.37 bits per heavy atom. The van der Waals surface area contributed by atoms with Crippen molar-refractivity contribution in [1.29, 1.82) is 0 Å². The van der Waals surface area contributed by atoms with Gasteiger partial charge in [-0.2, -0.15) is 0 Å². The van der Waals surface area contributed by atoms with E-state index < -0.39 is 5.72 Å². The summed E-state index contributed by atoms with van der Waals surface area (Å²) in [5, 5.41) is 7.54. The minimum absolute atomic E-state index is 0.0000435. The fraction of sp³-hybridized carbons (Fsp3) is 0.306. The number of amides is 1. The molecule has 5 atom stereocenters. The summed E-state index contributed by atoms with van der Waals surface area (Å²) < 4.78 is 18.6. The molecule has 7 heteroatoms. The van der Waals surface area contributed by atoms with Crippen LogP contribution in [-0.2, 0) is 21.7 Å². The largest absolute Gasteiger partial charge is 0.375 e. The van der Waals surface area contributed by atoms with Crippen molar-refractivity contribution in [3.63, 3.8) is 0 Å². The van der Waals surface area contributed by atoms with Gasteiger partial charge in [-0.05, 0) is 44.2 Å². The third kappa shape index (κ3) is 3.07. The monoisotopic (exact) mass is 570 g/mol. The minimum atomic E-state index is -0.828. The van der Waals surface area contributed by atoms with Crippen molar-refractivity contribution in [2.45, 2.75) is 57.0 Å². The molecule has 1 unspecified atom stereocenters. The van der Waals surface area contributed by atoms with Crippen molar-refractivity contribution < 1.29 is 14.3 Å². The molecule has 43 heavy (non-hydrogen) atoms. The van der Waals surface area contributed by atoms with Gasteiger partial charge in [0, 0.05) is 53.7 Å². The van der Waals surface area contributed by atoms with Crippen LogP contribution in [0.4, 0.5) is 0 Å². The van der Waals surface area contributed by atoms with Gasteiger partial charge in [-0.25, -0.2) is 0 Å². The summed E-state index contributed by atoms with van der Waals surface area (Å²) in [5.74, 6) is 0.0000435. The molecule has 6 aromatic rings. The Labute approximate surface area is 249 Å². The molecule has 2 bridgehead atoms. The second-order valence-electron chi connectivity index (χ2n) is 12.6. The molecule has 1 N–H and O–H groups in total. The van der Waals surface area contributed by atoms with Crippen LogP contribution < -0.4 is 5.32 Å². The fourth-order valence-corrected chi connectivity index (χ4v) is 8.66. The van der Waals surface area contributed by atoms with E-state index in [1.54, 1.807) is 0 Å². The quantitative estimate of drug-likeness (QED) is 0.253. The lowest BCUT2D eigenvalue weighted by Crippen LogP contribution is -2.60. The number of hydrogen-bond acceptors (Lipinski definition) is 4. The number of nitrogens with one attached hydrogen (secondary N) is 1. The highest BCUT2D eigenvalue weighted by Crippen LogP contribution is 2.54. The predicted molar refractivity (Wildman–Crippen MR) is 169 cm³/mol. The molecule has 7 nitrogen and oxygen atoms in total. The number of para-hydroxylation sites is 2. The number of hydrogen-bond donors (Lipinski definition) is 1. The molecular weight excluding hydrogens is 536 g/mol. The van der Waals surface area contributed by atoms with E-state index in [1.807, 2.05) is 7.11 Å². The van der Waals surface area contributed by atoms with E-state index in [-0.39, 0.29) is 30.3 Å². The van der Waals surface area contributed by atoms with E-state index in [9.17, 15) is 4.79 Å². The molecule has 1 fully saturated rings. The minimum Gasteiger partial charge on any atom is -0.375 e. The number of carbonyl (C=O) groups is 1. The van der Waals surface area contributed by atoms with Gasteiger partial charge in [0.25, 0.3) is 5.91 Å². The van der Waals surface area contributed by atoms with Gasteiger partial charge >= 0.3 is 0 Å².